The molecular formula is C25H33N3O3. The van der Waals surface area contributed by atoms with Crippen LogP contribution in [-0.2, 0) is 4.74 Å². The molecule has 0 atom stereocenters. The second kappa shape index (κ2) is 10.4. The van der Waals surface area contributed by atoms with Crippen molar-refractivity contribution in [1.82, 2.24) is 15.6 Å². The topological polar surface area (TPSA) is 80.3 Å². The third-order valence-corrected chi connectivity index (χ3v) is 5.56. The molecule has 0 spiro atoms. The molecule has 1 aliphatic carbocycles. The molecule has 3 rings (SSSR count). The van der Waals surface area contributed by atoms with Crippen LogP contribution < -0.4 is 10.6 Å². The summed E-state index contributed by atoms with van der Waals surface area (Å²) in [4.78, 5) is 28.7. The van der Waals surface area contributed by atoms with Gasteiger partial charge in [-0.05, 0) is 69.9 Å². The number of ether oxygens (including phenoxy) is 1. The van der Waals surface area contributed by atoms with Crippen LogP contribution in [-0.4, -0.2) is 35.7 Å². The van der Waals surface area contributed by atoms with E-state index in [4.69, 9.17) is 4.74 Å². The normalized spacial score (nSPS) is 18.8. The van der Waals surface area contributed by atoms with Gasteiger partial charge in [0, 0.05) is 31.0 Å². The molecule has 2 N–H and O–H groups in total. The lowest BCUT2D eigenvalue weighted by Crippen LogP contribution is -2.37. The fourth-order valence-corrected chi connectivity index (χ4v) is 3.87. The van der Waals surface area contributed by atoms with E-state index in [0.717, 1.165) is 36.8 Å². The molecule has 1 fully saturated rings. The second-order valence-corrected chi connectivity index (χ2v) is 9.31. The van der Waals surface area contributed by atoms with E-state index in [-0.39, 0.29) is 12.0 Å². The number of pyridine rings is 1. The minimum atomic E-state index is -0.476. The fraction of sp³-hybridized carbons (Fsp3) is 0.480. The molecule has 166 valence electrons. The van der Waals surface area contributed by atoms with E-state index >= 15 is 0 Å². The zero-order valence-electron chi connectivity index (χ0n) is 18.7. The van der Waals surface area contributed by atoms with Crippen molar-refractivity contribution >= 4 is 12.0 Å². The van der Waals surface area contributed by atoms with Crippen molar-refractivity contribution in [3.05, 3.63) is 54.4 Å². The van der Waals surface area contributed by atoms with Crippen LogP contribution in [0.25, 0.3) is 11.1 Å². The molecule has 2 amide bonds. The first kappa shape index (κ1) is 22.8. The summed E-state index contributed by atoms with van der Waals surface area (Å²) in [6.45, 7) is 6.90. The Balaban J connectivity index is 1.41. The monoisotopic (exact) mass is 423 g/mol. The van der Waals surface area contributed by atoms with Crippen LogP contribution in [0.3, 0.4) is 0 Å². The molecule has 1 saturated carbocycles. The van der Waals surface area contributed by atoms with Crippen LogP contribution in [0.15, 0.2) is 48.8 Å². The van der Waals surface area contributed by atoms with Crippen molar-refractivity contribution in [2.24, 2.45) is 11.8 Å². The van der Waals surface area contributed by atoms with E-state index in [1.807, 2.05) is 57.2 Å². The summed E-state index contributed by atoms with van der Waals surface area (Å²) in [5.74, 6) is 0.845. The molecule has 6 heteroatoms. The molecule has 0 aliphatic heterocycles. The Labute approximate surface area is 184 Å². The number of alkyl carbamates (subject to hydrolysis) is 1. The van der Waals surface area contributed by atoms with Gasteiger partial charge in [0.05, 0.1) is 5.56 Å². The highest BCUT2D eigenvalue weighted by Crippen LogP contribution is 2.28. The molecule has 6 nitrogen and oxygen atoms in total. The lowest BCUT2D eigenvalue weighted by atomic mass is 9.82. The molecule has 1 aromatic heterocycles. The smallest absolute Gasteiger partial charge is 0.407 e. The third-order valence-electron chi connectivity index (χ3n) is 5.56. The lowest BCUT2D eigenvalue weighted by molar-refractivity contribution is 0.0512. The van der Waals surface area contributed by atoms with Gasteiger partial charge in [0.15, 0.2) is 0 Å². The third kappa shape index (κ3) is 7.39. The summed E-state index contributed by atoms with van der Waals surface area (Å²) in [5.41, 5.74) is 2.08. The molecule has 0 unspecified atom stereocenters. The molecule has 31 heavy (non-hydrogen) atoms. The van der Waals surface area contributed by atoms with Crippen LogP contribution in [0, 0.1) is 11.8 Å². The van der Waals surface area contributed by atoms with Crippen molar-refractivity contribution in [2.75, 3.05) is 13.1 Å². The Bertz CT molecular complexity index is 869. The first-order chi connectivity index (χ1) is 14.8. The Morgan fingerprint density at radius 3 is 2.16 bits per heavy atom. The van der Waals surface area contributed by atoms with Gasteiger partial charge in [-0.1, -0.05) is 30.3 Å². The maximum Gasteiger partial charge on any atom is 0.407 e. The number of rotatable bonds is 6. The minimum absolute atomic E-state index is 0.0843. The second-order valence-electron chi connectivity index (χ2n) is 9.31. The molecule has 1 aromatic carbocycles. The number of hydrogen-bond donors (Lipinski definition) is 2. The van der Waals surface area contributed by atoms with Crippen molar-refractivity contribution in [2.45, 2.75) is 52.1 Å². The SMILES string of the molecule is CC(C)(C)OC(=O)NC[C@H]1CC[C@H](CNC(=O)c2cncc(-c3ccccc3)c2)CC1. The number of nitrogens with zero attached hydrogens (tertiary/aromatic N) is 1. The molecule has 2 aromatic rings. The van der Waals surface area contributed by atoms with E-state index in [2.05, 4.69) is 15.6 Å². The number of carbonyl (C=O) groups excluding carboxylic acids is 2. The Kier molecular flexibility index (Phi) is 7.66. The van der Waals surface area contributed by atoms with Gasteiger partial charge in [-0.25, -0.2) is 4.79 Å². The maximum atomic E-state index is 12.6. The van der Waals surface area contributed by atoms with Gasteiger partial charge in [-0.15, -0.1) is 0 Å². The summed E-state index contributed by atoms with van der Waals surface area (Å²) in [6.07, 6.45) is 7.21. The fourth-order valence-electron chi connectivity index (χ4n) is 3.87. The van der Waals surface area contributed by atoms with Gasteiger partial charge in [-0.3, -0.25) is 9.78 Å². The number of nitrogens with one attached hydrogen (secondary N) is 2. The van der Waals surface area contributed by atoms with Gasteiger partial charge < -0.3 is 15.4 Å². The summed E-state index contributed by atoms with van der Waals surface area (Å²) in [7, 11) is 0. The molecule has 0 saturated heterocycles. The van der Waals surface area contributed by atoms with E-state index < -0.39 is 5.60 Å². The number of aromatic nitrogens is 1. The van der Waals surface area contributed by atoms with E-state index in [1.165, 1.54) is 0 Å². The number of carbonyl (C=O) groups is 2. The molecule has 0 radical (unpaired) electrons. The first-order valence-corrected chi connectivity index (χ1v) is 11.1. The van der Waals surface area contributed by atoms with Crippen molar-refractivity contribution in [3.8, 4) is 11.1 Å². The van der Waals surface area contributed by atoms with E-state index in [0.29, 0.717) is 30.5 Å². The minimum Gasteiger partial charge on any atom is -0.444 e. The maximum absolute atomic E-state index is 12.6. The Hall–Kier alpha value is -2.89. The predicted molar refractivity (Wildman–Crippen MR) is 122 cm³/mol. The van der Waals surface area contributed by atoms with E-state index in [9.17, 15) is 9.59 Å². The van der Waals surface area contributed by atoms with Crippen LogP contribution in [0.5, 0.6) is 0 Å². The number of benzene rings is 1. The van der Waals surface area contributed by atoms with Crippen molar-refractivity contribution in [1.29, 1.82) is 0 Å². The summed E-state index contributed by atoms with van der Waals surface area (Å²) in [6, 6.07) is 11.8. The first-order valence-electron chi connectivity index (χ1n) is 11.1. The van der Waals surface area contributed by atoms with E-state index in [1.54, 1.807) is 12.4 Å². The molecule has 1 aliphatic rings. The Morgan fingerprint density at radius 1 is 0.935 bits per heavy atom. The van der Waals surface area contributed by atoms with Gasteiger partial charge in [0.2, 0.25) is 0 Å². The molecule has 0 bridgehead atoms. The average Bonchev–Trinajstić information content (AvgIpc) is 2.76. The van der Waals surface area contributed by atoms with Crippen molar-refractivity contribution in [3.63, 3.8) is 0 Å². The highest BCUT2D eigenvalue weighted by atomic mass is 16.6. The van der Waals surface area contributed by atoms with Gasteiger partial charge in [0.1, 0.15) is 5.60 Å². The van der Waals surface area contributed by atoms with Crippen LogP contribution >= 0.6 is 0 Å². The van der Waals surface area contributed by atoms with Gasteiger partial charge in [-0.2, -0.15) is 0 Å². The van der Waals surface area contributed by atoms with Crippen LogP contribution in [0.1, 0.15) is 56.8 Å². The lowest BCUT2D eigenvalue weighted by Gasteiger charge is -2.29. The highest BCUT2D eigenvalue weighted by Gasteiger charge is 2.23. The number of hydrogen-bond acceptors (Lipinski definition) is 4. The zero-order chi connectivity index (χ0) is 22.3. The van der Waals surface area contributed by atoms with Crippen molar-refractivity contribution < 1.29 is 14.3 Å². The predicted octanol–water partition coefficient (Wildman–Crippen LogP) is 4.81. The summed E-state index contributed by atoms with van der Waals surface area (Å²) in [5, 5.41) is 5.95. The molecule has 1 heterocycles. The highest BCUT2D eigenvalue weighted by molar-refractivity contribution is 5.95. The van der Waals surface area contributed by atoms with Gasteiger partial charge in [0.25, 0.3) is 5.91 Å². The largest absolute Gasteiger partial charge is 0.444 e. The quantitative estimate of drug-likeness (QED) is 0.699. The molecular weight excluding hydrogens is 390 g/mol. The van der Waals surface area contributed by atoms with Crippen LogP contribution in [0.4, 0.5) is 4.79 Å². The Morgan fingerprint density at radius 2 is 1.55 bits per heavy atom. The van der Waals surface area contributed by atoms with Gasteiger partial charge >= 0.3 is 6.09 Å². The summed E-state index contributed by atoms with van der Waals surface area (Å²) >= 11 is 0. The standard InChI is InChI=1S/C25H33N3O3/c1-25(2,3)31-24(30)28-15-19-11-9-18(10-12-19)14-27-23(29)22-13-21(16-26-17-22)20-7-5-4-6-8-20/h4-8,13,16-19H,9-12,14-15H2,1-3H3,(H,27,29)(H,28,30)/t18-,19-. The summed E-state index contributed by atoms with van der Waals surface area (Å²) < 4.78 is 5.29. The average molecular weight is 424 g/mol. The number of amides is 2. The van der Waals surface area contributed by atoms with Crippen LogP contribution in [0.2, 0.25) is 0 Å². The zero-order valence-corrected chi connectivity index (χ0v) is 18.7.